The van der Waals surface area contributed by atoms with Gasteiger partial charge in [-0.25, -0.2) is 9.29 Å². The zero-order valence-corrected chi connectivity index (χ0v) is 6.47. The molecule has 0 saturated carbocycles. The Morgan fingerprint density at radius 1 is 1.58 bits per heavy atom. The number of carbonyl (C=O) groups is 1. The number of hydrogen-bond acceptors (Lipinski definition) is 2. The number of alkyl halides is 3. The van der Waals surface area contributed by atoms with Crippen molar-refractivity contribution in [3.05, 3.63) is 0 Å². The fourth-order valence-electron chi connectivity index (χ4n) is 1.29. The summed E-state index contributed by atoms with van der Waals surface area (Å²) in [4.78, 5) is 10.5. The van der Waals surface area contributed by atoms with Crippen molar-refractivity contribution in [3.63, 3.8) is 0 Å². The predicted molar refractivity (Wildman–Crippen MR) is 36.7 cm³/mol. The average molecular weight is 181 g/mol. The van der Waals surface area contributed by atoms with Crippen molar-refractivity contribution in [3.8, 4) is 0 Å². The zero-order valence-electron chi connectivity index (χ0n) is 6.47. The molecule has 1 aliphatic rings. The number of hydrogen-bond donors (Lipinski definition) is 0. The lowest BCUT2D eigenvalue weighted by molar-refractivity contribution is -0.207. The first kappa shape index (κ1) is 9.51. The molecule has 0 aromatic heterocycles. The van der Waals surface area contributed by atoms with E-state index in [0.717, 1.165) is 0 Å². The standard InChI is InChI=1S/C7H10F3NO/c8-6-2-1-3-11(4-5-12)7(6,9)10/h5-6H,1-4H2. The number of nitrogens with zero attached hydrogens (tertiary/aromatic N) is 1. The van der Waals surface area contributed by atoms with E-state index in [2.05, 4.69) is 0 Å². The van der Waals surface area contributed by atoms with Crippen LogP contribution in [0.4, 0.5) is 13.2 Å². The minimum Gasteiger partial charge on any atom is -0.302 e. The van der Waals surface area contributed by atoms with Gasteiger partial charge in [0.1, 0.15) is 6.29 Å². The molecule has 0 aromatic carbocycles. The van der Waals surface area contributed by atoms with Crippen molar-refractivity contribution in [2.45, 2.75) is 25.1 Å². The third-order valence-electron chi connectivity index (χ3n) is 1.98. The third kappa shape index (κ3) is 1.60. The van der Waals surface area contributed by atoms with Crippen molar-refractivity contribution in [1.82, 2.24) is 4.90 Å². The Morgan fingerprint density at radius 2 is 2.25 bits per heavy atom. The van der Waals surface area contributed by atoms with Gasteiger partial charge in [0.15, 0.2) is 6.17 Å². The molecule has 0 amide bonds. The molecule has 0 aromatic rings. The van der Waals surface area contributed by atoms with Crippen LogP contribution < -0.4 is 0 Å². The number of aldehydes is 1. The second-order valence-corrected chi connectivity index (χ2v) is 2.81. The van der Waals surface area contributed by atoms with E-state index in [4.69, 9.17) is 0 Å². The van der Waals surface area contributed by atoms with E-state index in [0.29, 0.717) is 17.6 Å². The van der Waals surface area contributed by atoms with Crippen LogP contribution in [0.25, 0.3) is 0 Å². The van der Waals surface area contributed by atoms with Crippen LogP contribution >= 0.6 is 0 Å². The quantitative estimate of drug-likeness (QED) is 0.471. The van der Waals surface area contributed by atoms with Crippen LogP contribution in [0.15, 0.2) is 0 Å². The molecule has 0 spiro atoms. The predicted octanol–water partition coefficient (Wildman–Crippen LogP) is 1.21. The zero-order chi connectivity index (χ0) is 9.19. The summed E-state index contributed by atoms with van der Waals surface area (Å²) in [6.07, 6.45) is -1.51. The van der Waals surface area contributed by atoms with Gasteiger partial charge in [-0.3, -0.25) is 0 Å². The van der Waals surface area contributed by atoms with E-state index in [-0.39, 0.29) is 13.0 Å². The second-order valence-electron chi connectivity index (χ2n) is 2.81. The second kappa shape index (κ2) is 3.43. The van der Waals surface area contributed by atoms with Crippen molar-refractivity contribution in [2.75, 3.05) is 13.1 Å². The highest BCUT2D eigenvalue weighted by Crippen LogP contribution is 2.32. The van der Waals surface area contributed by atoms with Gasteiger partial charge in [0, 0.05) is 6.54 Å². The lowest BCUT2D eigenvalue weighted by atomic mass is 10.1. The van der Waals surface area contributed by atoms with E-state index in [1.807, 2.05) is 0 Å². The van der Waals surface area contributed by atoms with Crippen LogP contribution in [0.3, 0.4) is 0 Å². The highest BCUT2D eigenvalue weighted by atomic mass is 19.3. The minimum atomic E-state index is -3.46. The van der Waals surface area contributed by atoms with Crippen molar-refractivity contribution in [1.29, 1.82) is 0 Å². The molecule has 5 heteroatoms. The molecule has 2 nitrogen and oxygen atoms in total. The van der Waals surface area contributed by atoms with Crippen LogP contribution in [0.5, 0.6) is 0 Å². The van der Waals surface area contributed by atoms with Crippen molar-refractivity contribution >= 4 is 6.29 Å². The molecule has 1 atom stereocenters. The van der Waals surface area contributed by atoms with Crippen LogP contribution in [-0.4, -0.2) is 36.5 Å². The molecule has 1 saturated heterocycles. The molecule has 1 unspecified atom stereocenters. The molecule has 0 radical (unpaired) electrons. The average Bonchev–Trinajstić information content (AvgIpc) is 2.00. The molecular formula is C7H10F3NO. The molecule has 1 heterocycles. The first-order valence-corrected chi connectivity index (χ1v) is 3.79. The molecule has 70 valence electrons. The van der Waals surface area contributed by atoms with Gasteiger partial charge >= 0.3 is 6.05 Å². The number of rotatable bonds is 2. The third-order valence-corrected chi connectivity index (χ3v) is 1.98. The monoisotopic (exact) mass is 181 g/mol. The molecular weight excluding hydrogens is 171 g/mol. The molecule has 0 aliphatic carbocycles. The Kier molecular flexibility index (Phi) is 2.72. The summed E-state index contributed by atoms with van der Waals surface area (Å²) in [5.74, 6) is 0. The Hall–Kier alpha value is -0.580. The first-order chi connectivity index (χ1) is 5.59. The van der Waals surface area contributed by atoms with E-state index >= 15 is 0 Å². The van der Waals surface area contributed by atoms with E-state index in [9.17, 15) is 18.0 Å². The van der Waals surface area contributed by atoms with E-state index in [1.54, 1.807) is 0 Å². The highest BCUT2D eigenvalue weighted by Gasteiger charge is 2.47. The molecule has 1 aliphatic heterocycles. The summed E-state index contributed by atoms with van der Waals surface area (Å²) in [5, 5.41) is 0. The molecule has 1 rings (SSSR count). The summed E-state index contributed by atoms with van der Waals surface area (Å²) in [6.45, 7) is -0.306. The minimum absolute atomic E-state index is 0.0894. The maximum absolute atomic E-state index is 12.8. The first-order valence-electron chi connectivity index (χ1n) is 3.79. The Balaban J connectivity index is 2.65. The summed E-state index contributed by atoms with van der Waals surface area (Å²) in [5.41, 5.74) is 0. The van der Waals surface area contributed by atoms with Gasteiger partial charge in [0.05, 0.1) is 6.54 Å². The van der Waals surface area contributed by atoms with E-state index in [1.165, 1.54) is 0 Å². The fourth-order valence-corrected chi connectivity index (χ4v) is 1.29. The van der Waals surface area contributed by atoms with Gasteiger partial charge in [-0.1, -0.05) is 0 Å². The van der Waals surface area contributed by atoms with Crippen molar-refractivity contribution < 1.29 is 18.0 Å². The Labute approximate surface area is 68.3 Å². The van der Waals surface area contributed by atoms with Crippen LogP contribution in [0, 0.1) is 0 Å². The fraction of sp³-hybridized carbons (Fsp3) is 0.857. The summed E-state index contributed by atoms with van der Waals surface area (Å²) < 4.78 is 38.3. The Morgan fingerprint density at radius 3 is 2.83 bits per heavy atom. The number of piperidine rings is 1. The van der Waals surface area contributed by atoms with Gasteiger partial charge in [-0.05, 0) is 12.8 Å². The lowest BCUT2D eigenvalue weighted by Gasteiger charge is -2.35. The van der Waals surface area contributed by atoms with Gasteiger partial charge in [-0.15, -0.1) is 0 Å². The lowest BCUT2D eigenvalue weighted by Crippen LogP contribution is -2.53. The van der Waals surface area contributed by atoms with Crippen LogP contribution in [0.1, 0.15) is 12.8 Å². The van der Waals surface area contributed by atoms with Gasteiger partial charge in [-0.2, -0.15) is 8.78 Å². The largest absolute Gasteiger partial charge is 0.336 e. The summed E-state index contributed by atoms with van der Waals surface area (Å²) in [7, 11) is 0. The molecule has 1 fully saturated rings. The normalized spacial score (nSPS) is 30.1. The van der Waals surface area contributed by atoms with Gasteiger partial charge in [0.2, 0.25) is 0 Å². The van der Waals surface area contributed by atoms with Gasteiger partial charge < -0.3 is 4.79 Å². The summed E-state index contributed by atoms with van der Waals surface area (Å²) >= 11 is 0. The molecule has 12 heavy (non-hydrogen) atoms. The van der Waals surface area contributed by atoms with Crippen molar-refractivity contribution in [2.24, 2.45) is 0 Å². The smallest absolute Gasteiger partial charge is 0.302 e. The number of halogens is 3. The van der Waals surface area contributed by atoms with E-state index < -0.39 is 18.8 Å². The highest BCUT2D eigenvalue weighted by molar-refractivity contribution is 5.52. The number of likely N-dealkylation sites (tertiary alicyclic amines) is 1. The maximum atomic E-state index is 12.8. The number of carbonyl (C=O) groups excluding carboxylic acids is 1. The molecule has 0 bridgehead atoms. The van der Waals surface area contributed by atoms with Gasteiger partial charge in [0.25, 0.3) is 0 Å². The SMILES string of the molecule is O=CCN1CCCC(F)C1(F)F. The molecule has 0 N–H and O–H groups in total. The summed E-state index contributed by atoms with van der Waals surface area (Å²) in [6, 6.07) is -3.46. The van der Waals surface area contributed by atoms with Crippen LogP contribution in [0.2, 0.25) is 0 Å². The maximum Gasteiger partial charge on any atom is 0.336 e. The van der Waals surface area contributed by atoms with Crippen LogP contribution in [-0.2, 0) is 4.79 Å². The topological polar surface area (TPSA) is 20.3 Å². The Bertz CT molecular complexity index is 174.